The zero-order valence-electron chi connectivity index (χ0n) is 17.7. The van der Waals surface area contributed by atoms with Crippen LogP contribution in [0.2, 0.25) is 0 Å². The number of aryl methyl sites for hydroxylation is 1. The van der Waals surface area contributed by atoms with Gasteiger partial charge in [-0.2, -0.15) is 0 Å². The number of amides is 2. The highest BCUT2D eigenvalue weighted by Crippen LogP contribution is 2.22. The largest absolute Gasteiger partial charge is 0.490 e. The number of rotatable bonds is 8. The molecule has 2 amide bonds. The first-order chi connectivity index (χ1) is 14.6. The molecule has 1 fully saturated rings. The molecule has 1 aliphatic rings. The maximum absolute atomic E-state index is 13.0. The van der Waals surface area contributed by atoms with Crippen LogP contribution in [-0.4, -0.2) is 55.7 Å². The van der Waals surface area contributed by atoms with Gasteiger partial charge in [0, 0.05) is 31.3 Å². The lowest BCUT2D eigenvalue weighted by Gasteiger charge is -2.33. The SMILES string of the molecule is CCOCCOc1ccccc1C(=O)N1CCC(NC(=O)c2ccccc2C)CC1. The molecule has 0 bridgehead atoms. The van der Waals surface area contributed by atoms with Crippen molar-refractivity contribution in [1.82, 2.24) is 10.2 Å². The molecular weight excluding hydrogens is 380 g/mol. The number of nitrogens with zero attached hydrogens (tertiary/aromatic N) is 1. The molecular formula is C24H30N2O4. The first kappa shape index (κ1) is 21.8. The fourth-order valence-corrected chi connectivity index (χ4v) is 3.61. The van der Waals surface area contributed by atoms with Crippen molar-refractivity contribution in [2.75, 3.05) is 32.9 Å². The Morgan fingerprint density at radius 1 is 1.00 bits per heavy atom. The van der Waals surface area contributed by atoms with Crippen molar-refractivity contribution >= 4 is 11.8 Å². The van der Waals surface area contributed by atoms with Crippen molar-refractivity contribution in [3.05, 3.63) is 65.2 Å². The molecule has 0 aromatic heterocycles. The van der Waals surface area contributed by atoms with Gasteiger partial charge in [-0.3, -0.25) is 9.59 Å². The maximum atomic E-state index is 13.0. The molecule has 1 heterocycles. The van der Waals surface area contributed by atoms with Crippen molar-refractivity contribution in [1.29, 1.82) is 0 Å². The predicted molar refractivity (Wildman–Crippen MR) is 116 cm³/mol. The second-order valence-electron chi connectivity index (χ2n) is 7.40. The van der Waals surface area contributed by atoms with E-state index in [1.807, 2.05) is 61.2 Å². The zero-order valence-corrected chi connectivity index (χ0v) is 17.7. The lowest BCUT2D eigenvalue weighted by atomic mass is 10.0. The van der Waals surface area contributed by atoms with Gasteiger partial charge in [-0.05, 0) is 50.5 Å². The summed E-state index contributed by atoms with van der Waals surface area (Å²) in [7, 11) is 0. The Hall–Kier alpha value is -2.86. The van der Waals surface area contributed by atoms with Gasteiger partial charge in [0.25, 0.3) is 11.8 Å². The number of nitrogens with one attached hydrogen (secondary N) is 1. The number of carbonyl (C=O) groups is 2. The molecule has 0 aliphatic carbocycles. The Morgan fingerprint density at radius 3 is 2.37 bits per heavy atom. The van der Waals surface area contributed by atoms with Gasteiger partial charge in [0.1, 0.15) is 12.4 Å². The molecule has 6 heteroatoms. The topological polar surface area (TPSA) is 67.9 Å². The van der Waals surface area contributed by atoms with Gasteiger partial charge in [0.15, 0.2) is 0 Å². The van der Waals surface area contributed by atoms with Crippen LogP contribution in [-0.2, 0) is 4.74 Å². The van der Waals surface area contributed by atoms with E-state index in [0.717, 1.165) is 18.4 Å². The minimum Gasteiger partial charge on any atom is -0.490 e. The van der Waals surface area contributed by atoms with E-state index in [9.17, 15) is 9.59 Å². The molecule has 160 valence electrons. The van der Waals surface area contributed by atoms with E-state index in [0.29, 0.717) is 49.8 Å². The van der Waals surface area contributed by atoms with Gasteiger partial charge >= 0.3 is 0 Å². The lowest BCUT2D eigenvalue weighted by molar-refractivity contribution is 0.0689. The van der Waals surface area contributed by atoms with E-state index < -0.39 is 0 Å². The van der Waals surface area contributed by atoms with Gasteiger partial charge in [0.2, 0.25) is 0 Å². The van der Waals surface area contributed by atoms with E-state index in [-0.39, 0.29) is 17.9 Å². The quantitative estimate of drug-likeness (QED) is 0.677. The van der Waals surface area contributed by atoms with E-state index >= 15 is 0 Å². The number of benzene rings is 2. The molecule has 0 unspecified atom stereocenters. The smallest absolute Gasteiger partial charge is 0.257 e. The molecule has 30 heavy (non-hydrogen) atoms. The summed E-state index contributed by atoms with van der Waals surface area (Å²) in [6.07, 6.45) is 1.47. The molecule has 2 aromatic rings. The van der Waals surface area contributed by atoms with Crippen LogP contribution in [0.25, 0.3) is 0 Å². The number of carbonyl (C=O) groups excluding carboxylic acids is 2. The van der Waals surface area contributed by atoms with Crippen molar-refractivity contribution in [3.8, 4) is 5.75 Å². The number of piperidine rings is 1. The highest BCUT2D eigenvalue weighted by Gasteiger charge is 2.26. The van der Waals surface area contributed by atoms with Gasteiger partial charge in [-0.1, -0.05) is 30.3 Å². The van der Waals surface area contributed by atoms with Crippen LogP contribution >= 0.6 is 0 Å². The van der Waals surface area contributed by atoms with Gasteiger partial charge in [0.05, 0.1) is 12.2 Å². The summed E-state index contributed by atoms with van der Waals surface area (Å²) in [6.45, 7) is 6.61. The van der Waals surface area contributed by atoms with Crippen molar-refractivity contribution < 1.29 is 19.1 Å². The summed E-state index contributed by atoms with van der Waals surface area (Å²) in [5.74, 6) is 0.494. The minimum absolute atomic E-state index is 0.0364. The number of para-hydroxylation sites is 1. The third-order valence-electron chi connectivity index (χ3n) is 5.31. The molecule has 1 saturated heterocycles. The number of likely N-dealkylation sites (tertiary alicyclic amines) is 1. The molecule has 0 radical (unpaired) electrons. The molecule has 0 spiro atoms. The summed E-state index contributed by atoms with van der Waals surface area (Å²) in [4.78, 5) is 27.4. The predicted octanol–water partition coefficient (Wildman–Crippen LogP) is 3.44. The van der Waals surface area contributed by atoms with Gasteiger partial charge < -0.3 is 19.7 Å². The first-order valence-corrected chi connectivity index (χ1v) is 10.6. The van der Waals surface area contributed by atoms with E-state index in [4.69, 9.17) is 9.47 Å². The second kappa shape index (κ2) is 10.8. The third kappa shape index (κ3) is 5.60. The Morgan fingerprint density at radius 2 is 1.67 bits per heavy atom. The Balaban J connectivity index is 1.54. The average Bonchev–Trinajstić information content (AvgIpc) is 2.77. The van der Waals surface area contributed by atoms with E-state index in [2.05, 4.69) is 5.32 Å². The molecule has 6 nitrogen and oxygen atoms in total. The van der Waals surface area contributed by atoms with Crippen molar-refractivity contribution in [2.24, 2.45) is 0 Å². The summed E-state index contributed by atoms with van der Waals surface area (Å²) < 4.78 is 11.1. The number of hydrogen-bond donors (Lipinski definition) is 1. The monoisotopic (exact) mass is 410 g/mol. The van der Waals surface area contributed by atoms with Gasteiger partial charge in [-0.15, -0.1) is 0 Å². The van der Waals surface area contributed by atoms with Crippen molar-refractivity contribution in [3.63, 3.8) is 0 Å². The standard InChI is InChI=1S/C24H30N2O4/c1-3-29-16-17-30-22-11-7-6-10-21(22)24(28)26-14-12-19(13-15-26)25-23(27)20-9-5-4-8-18(20)2/h4-11,19H,3,12-17H2,1-2H3,(H,25,27). The first-order valence-electron chi connectivity index (χ1n) is 10.6. The fourth-order valence-electron chi connectivity index (χ4n) is 3.61. The molecule has 0 atom stereocenters. The Bertz CT molecular complexity index is 860. The minimum atomic E-state index is -0.0501. The van der Waals surface area contributed by atoms with Crippen LogP contribution in [0.3, 0.4) is 0 Å². The van der Waals surface area contributed by atoms with Crippen LogP contribution < -0.4 is 10.1 Å². The average molecular weight is 411 g/mol. The van der Waals surface area contributed by atoms with Gasteiger partial charge in [-0.25, -0.2) is 0 Å². The van der Waals surface area contributed by atoms with Crippen molar-refractivity contribution in [2.45, 2.75) is 32.7 Å². The fraction of sp³-hybridized carbons (Fsp3) is 0.417. The Kier molecular flexibility index (Phi) is 7.85. The summed E-state index contributed by atoms with van der Waals surface area (Å²) >= 11 is 0. The zero-order chi connectivity index (χ0) is 21.3. The maximum Gasteiger partial charge on any atom is 0.257 e. The highest BCUT2D eigenvalue weighted by atomic mass is 16.5. The molecule has 2 aromatic carbocycles. The van der Waals surface area contributed by atoms with Crippen LogP contribution in [0.1, 0.15) is 46.0 Å². The summed E-state index contributed by atoms with van der Waals surface area (Å²) in [6, 6.07) is 15.0. The molecule has 1 aliphatic heterocycles. The Labute approximate surface area is 178 Å². The highest BCUT2D eigenvalue weighted by molar-refractivity contribution is 5.97. The number of hydrogen-bond acceptors (Lipinski definition) is 4. The number of ether oxygens (including phenoxy) is 2. The lowest BCUT2D eigenvalue weighted by Crippen LogP contribution is -2.46. The van der Waals surface area contributed by atoms with E-state index in [1.54, 1.807) is 6.07 Å². The summed E-state index contributed by atoms with van der Waals surface area (Å²) in [5.41, 5.74) is 2.23. The normalized spacial score (nSPS) is 14.4. The molecule has 0 saturated carbocycles. The molecule has 1 N–H and O–H groups in total. The van der Waals surface area contributed by atoms with Crippen LogP contribution in [0.4, 0.5) is 0 Å². The van der Waals surface area contributed by atoms with Crippen LogP contribution in [0, 0.1) is 6.92 Å². The third-order valence-corrected chi connectivity index (χ3v) is 5.31. The van der Waals surface area contributed by atoms with Crippen LogP contribution in [0.15, 0.2) is 48.5 Å². The molecule has 3 rings (SSSR count). The van der Waals surface area contributed by atoms with E-state index in [1.165, 1.54) is 0 Å². The summed E-state index contributed by atoms with van der Waals surface area (Å²) in [5, 5.41) is 3.11. The second-order valence-corrected chi connectivity index (χ2v) is 7.40. The van der Waals surface area contributed by atoms with Crippen LogP contribution in [0.5, 0.6) is 5.75 Å².